The van der Waals surface area contributed by atoms with Crippen molar-refractivity contribution >= 4 is 87.2 Å². The lowest BCUT2D eigenvalue weighted by atomic mass is 10.0. The predicted octanol–water partition coefficient (Wildman–Crippen LogP) is 25.5. The zero-order chi connectivity index (χ0) is 91.4. The first kappa shape index (κ1) is 47.4. The molecular weight excluding hydrogens is 1370 g/mol. The lowest BCUT2D eigenvalue weighted by Crippen LogP contribution is -2.00. The Labute approximate surface area is 673 Å². The molecule has 112 heavy (non-hydrogen) atoms. The molecule has 0 saturated carbocycles. The van der Waals surface area contributed by atoms with E-state index in [-0.39, 0.29) is 57.2 Å². The van der Waals surface area contributed by atoms with E-state index in [1.165, 1.54) is 16.2 Å². The standard InChI is InChI=1S/2C51H33N5/c1-4-14-36(15-5-1)49-52-50(37-16-6-2-7-17-37)54-51(53-49)38-26-24-34(25-27-38)35-28-30-40(31-29-35)56-46-23-13-11-21-42(46)44-32-47-43(33-48(44)56)41-20-10-12-22-45(41)55(47)39-18-8-3-9-19-39;1-4-14-36(15-5-1)49-52-50(37-16-6-2-7-17-37)54-51(53-49)38-26-24-34(25-27-38)35-28-30-40(31-29-35)56-46-23-13-11-21-42(46)44-32-43-41-20-10-12-22-45(41)55(47(43)33-48(44)56)39-18-8-3-9-19-39/h2*1-33H/i2*1D,2D,4D,5D,6D,7D,14D,15D,16D,17D. The Morgan fingerprint density at radius 2 is 0.375 bits per heavy atom. The van der Waals surface area contributed by atoms with Gasteiger partial charge in [0.15, 0.2) is 34.9 Å². The first-order valence-electron chi connectivity index (χ1n) is 46.1. The third kappa shape index (κ3) is 11.5. The Morgan fingerprint density at radius 1 is 0.161 bits per heavy atom. The summed E-state index contributed by atoms with van der Waals surface area (Å²) in [5.74, 6) is -1.25. The van der Waals surface area contributed by atoms with Crippen LogP contribution in [0.15, 0.2) is 400 Å². The van der Waals surface area contributed by atoms with Crippen molar-refractivity contribution in [2.75, 3.05) is 0 Å². The highest BCUT2D eigenvalue weighted by Gasteiger charge is 2.23. The van der Waals surface area contributed by atoms with Crippen molar-refractivity contribution < 1.29 is 27.4 Å². The van der Waals surface area contributed by atoms with Crippen LogP contribution in [0.4, 0.5) is 0 Å². The molecule has 10 heteroatoms. The molecular formula is C102H66N10. The highest BCUT2D eigenvalue weighted by Crippen LogP contribution is 2.43. The Morgan fingerprint density at radius 3 is 0.661 bits per heavy atom. The van der Waals surface area contributed by atoms with Gasteiger partial charge in [0.1, 0.15) is 0 Å². The van der Waals surface area contributed by atoms with Gasteiger partial charge < -0.3 is 18.3 Å². The predicted molar refractivity (Wildman–Crippen MR) is 460 cm³/mol. The second-order valence-corrected chi connectivity index (χ2v) is 26.7. The molecule has 10 nitrogen and oxygen atoms in total. The molecule has 16 aromatic carbocycles. The number of nitrogens with zero attached hydrogens (tertiary/aromatic N) is 10. The summed E-state index contributed by atoms with van der Waals surface area (Å²) < 4.78 is 177. The van der Waals surface area contributed by atoms with Crippen molar-refractivity contribution in [1.29, 1.82) is 0 Å². The lowest BCUT2D eigenvalue weighted by Gasteiger charge is -2.11. The summed E-state index contributed by atoms with van der Waals surface area (Å²) in [6.07, 6.45) is 0. The minimum absolute atomic E-state index is 0.00213. The summed E-state index contributed by atoms with van der Waals surface area (Å²) in [6, 6.07) is 83.4. The van der Waals surface area contributed by atoms with E-state index >= 15 is 0 Å². The number of rotatable bonds is 12. The van der Waals surface area contributed by atoms with E-state index in [0.717, 1.165) is 116 Å². The van der Waals surface area contributed by atoms with Crippen LogP contribution in [0.3, 0.4) is 0 Å². The topological polar surface area (TPSA) is 97.1 Å². The van der Waals surface area contributed by atoms with Gasteiger partial charge in [-0.3, -0.25) is 0 Å². The molecule has 0 atom stereocenters. The van der Waals surface area contributed by atoms with Crippen molar-refractivity contribution in [1.82, 2.24) is 48.2 Å². The molecule has 6 aromatic heterocycles. The third-order valence-electron chi connectivity index (χ3n) is 20.3. The Balaban J connectivity index is 0.000000159. The number of fused-ring (bicyclic) bond motifs is 12. The third-order valence-corrected chi connectivity index (χ3v) is 20.3. The van der Waals surface area contributed by atoms with Crippen LogP contribution in [0, 0.1) is 0 Å². The van der Waals surface area contributed by atoms with Crippen molar-refractivity contribution in [2.45, 2.75) is 0 Å². The van der Waals surface area contributed by atoms with Crippen molar-refractivity contribution in [3.8, 4) is 113 Å². The van der Waals surface area contributed by atoms with Crippen molar-refractivity contribution in [2.24, 2.45) is 0 Å². The molecule has 524 valence electrons. The first-order chi connectivity index (χ1) is 63.8. The maximum atomic E-state index is 8.63. The van der Waals surface area contributed by atoms with Crippen LogP contribution < -0.4 is 0 Å². The van der Waals surface area contributed by atoms with E-state index in [2.05, 4.69) is 267 Å². The summed E-state index contributed by atoms with van der Waals surface area (Å²) in [7, 11) is 0. The largest absolute Gasteiger partial charge is 0.309 e. The van der Waals surface area contributed by atoms with Gasteiger partial charge in [-0.25, -0.2) is 29.9 Å². The Hall–Kier alpha value is -15.3. The molecule has 0 spiro atoms. The SMILES string of the molecule is [2H]c1c([2H])c([2H])c(-c2nc(-c3ccc(-c4ccc(-n5c6ccccc6c6cc7c(cc65)c5ccccc5n7-c5ccccc5)cc4)cc3)nc(-c3c([2H])c([2H])c([2H])c([2H])c3[2H])n2)c([2H])c1[2H].[2H]c1c([2H])c([2H])c(-c2nc(-c3ccc(-c4ccc(-n5c6ccccc6c6cc7c8ccccc8n(-c8ccccc8)c7cc65)cc4)cc3)nc(-c3c([2H])c([2H])c([2H])c([2H])c3[2H])n2)c([2H])c1[2H]. The number of benzene rings is 16. The van der Waals surface area contributed by atoms with Crippen LogP contribution in [-0.2, 0) is 0 Å². The lowest BCUT2D eigenvalue weighted by molar-refractivity contribution is 1.07. The molecule has 22 aromatic rings. The molecule has 0 bridgehead atoms. The second kappa shape index (κ2) is 27.5. The zero-order valence-electron chi connectivity index (χ0n) is 79.0. The fourth-order valence-corrected chi connectivity index (χ4v) is 15.3. The number of hydrogen-bond acceptors (Lipinski definition) is 6. The van der Waals surface area contributed by atoms with Gasteiger partial charge in [0, 0.05) is 99.2 Å². The molecule has 0 radical (unpaired) electrons. The zero-order valence-corrected chi connectivity index (χ0v) is 59.0. The maximum absolute atomic E-state index is 8.63. The van der Waals surface area contributed by atoms with Crippen molar-refractivity contribution in [3.63, 3.8) is 0 Å². The quantitative estimate of drug-likeness (QED) is 0.121. The molecule has 0 saturated heterocycles. The minimum atomic E-state index is -0.602. The van der Waals surface area contributed by atoms with Gasteiger partial charge in [0.2, 0.25) is 0 Å². The van der Waals surface area contributed by atoms with E-state index in [4.69, 9.17) is 27.4 Å². The average Bonchev–Trinajstić information content (AvgIpc) is 1.57. The van der Waals surface area contributed by atoms with Gasteiger partial charge in [-0.2, -0.15) is 0 Å². The summed E-state index contributed by atoms with van der Waals surface area (Å²) in [4.78, 5) is 27.0. The number of aromatic nitrogens is 10. The molecule has 0 aliphatic carbocycles. The van der Waals surface area contributed by atoms with Gasteiger partial charge >= 0.3 is 0 Å². The minimum Gasteiger partial charge on any atom is -0.309 e. The van der Waals surface area contributed by atoms with Gasteiger partial charge in [0.25, 0.3) is 0 Å². The summed E-state index contributed by atoms with van der Waals surface area (Å²) in [5, 5.41) is 9.26. The van der Waals surface area contributed by atoms with Crippen LogP contribution in [0.1, 0.15) is 27.4 Å². The fourth-order valence-electron chi connectivity index (χ4n) is 15.3. The van der Waals surface area contributed by atoms with Crippen LogP contribution in [0.25, 0.3) is 201 Å². The van der Waals surface area contributed by atoms with Gasteiger partial charge in [-0.1, -0.05) is 303 Å². The van der Waals surface area contributed by atoms with Gasteiger partial charge in [-0.05, 0) is 119 Å². The van der Waals surface area contributed by atoms with Crippen LogP contribution >= 0.6 is 0 Å². The molecule has 0 fully saturated rings. The summed E-state index contributed by atoms with van der Waals surface area (Å²) >= 11 is 0. The van der Waals surface area contributed by atoms with E-state index in [0.29, 0.717) is 11.1 Å². The van der Waals surface area contributed by atoms with E-state index < -0.39 is 121 Å². The molecule has 0 N–H and O–H groups in total. The van der Waals surface area contributed by atoms with Gasteiger partial charge in [-0.15, -0.1) is 0 Å². The molecule has 6 heterocycles. The number of para-hydroxylation sites is 6. The molecule has 0 aliphatic heterocycles. The first-order valence-corrected chi connectivity index (χ1v) is 36.1. The maximum Gasteiger partial charge on any atom is 0.164 e. The van der Waals surface area contributed by atoms with Crippen LogP contribution in [0.5, 0.6) is 0 Å². The Kier molecular flexibility index (Phi) is 11.6. The second-order valence-electron chi connectivity index (χ2n) is 26.7. The van der Waals surface area contributed by atoms with Crippen molar-refractivity contribution in [3.05, 3.63) is 400 Å². The summed E-state index contributed by atoms with van der Waals surface area (Å²) in [5.41, 5.74) is 16.2. The van der Waals surface area contributed by atoms with Crippen LogP contribution in [-0.4, -0.2) is 48.2 Å². The number of hydrogen-bond donors (Lipinski definition) is 0. The van der Waals surface area contributed by atoms with Gasteiger partial charge in [0.05, 0.1) is 71.5 Å². The van der Waals surface area contributed by atoms with E-state index in [9.17, 15) is 0 Å². The normalized spacial score (nSPS) is 14.1. The molecule has 0 amide bonds. The molecule has 0 aliphatic rings. The highest BCUT2D eigenvalue weighted by atomic mass is 15.1. The Bertz CT molecular complexity index is 8320. The highest BCUT2D eigenvalue weighted by molar-refractivity contribution is 6.21. The molecule has 0 unspecified atom stereocenters. The van der Waals surface area contributed by atoms with E-state index in [1.807, 2.05) is 36.4 Å². The fraction of sp³-hybridized carbons (Fsp3) is 0. The summed E-state index contributed by atoms with van der Waals surface area (Å²) in [6.45, 7) is 0. The van der Waals surface area contributed by atoms with Crippen LogP contribution in [0.2, 0.25) is 0 Å². The smallest absolute Gasteiger partial charge is 0.164 e. The average molecular weight is 1450 g/mol. The monoisotopic (exact) mass is 1450 g/mol. The molecule has 22 rings (SSSR count). The van der Waals surface area contributed by atoms with E-state index in [1.54, 1.807) is 24.3 Å².